The highest BCUT2D eigenvalue weighted by Gasteiger charge is 2.24. The molecule has 0 aliphatic rings. The van der Waals surface area contributed by atoms with E-state index in [9.17, 15) is 8.42 Å². The Morgan fingerprint density at radius 3 is 1.28 bits per heavy atom. The van der Waals surface area contributed by atoms with Crippen LogP contribution in [0.1, 0.15) is 124 Å². The van der Waals surface area contributed by atoms with Gasteiger partial charge < -0.3 is 4.48 Å². The normalized spacial score (nSPS) is 12.6. The number of quaternary nitrogens is 1. The molecular weight excluding hydrogens is 382 g/mol. The molecule has 0 aliphatic heterocycles. The third-order valence-electron chi connectivity index (χ3n) is 6.17. The molecule has 0 radical (unpaired) electrons. The number of rotatable bonds is 22. The summed E-state index contributed by atoms with van der Waals surface area (Å²) in [6.45, 7) is 11.4. The van der Waals surface area contributed by atoms with Crippen molar-refractivity contribution in [1.82, 2.24) is 0 Å². The minimum Gasteiger partial charge on any atom is -0.324 e. The third kappa shape index (κ3) is 18.4. The summed E-state index contributed by atoms with van der Waals surface area (Å²) >= 11 is 0. The predicted molar refractivity (Wildman–Crippen MR) is 127 cm³/mol. The Bertz CT molecular complexity index is 445. The fourth-order valence-corrected chi connectivity index (χ4v) is 5.21. The average molecular weight is 435 g/mol. The summed E-state index contributed by atoms with van der Waals surface area (Å²) < 4.78 is 32.0. The molecule has 4 nitrogen and oxygen atoms in total. The molecule has 0 saturated carbocycles. The maximum Gasteiger partial charge on any atom is 0.264 e. The quantitative estimate of drug-likeness (QED) is 0.113. The van der Waals surface area contributed by atoms with Crippen molar-refractivity contribution < 1.29 is 17.5 Å². The first-order valence-corrected chi connectivity index (χ1v) is 14.3. The molecule has 0 bridgehead atoms. The van der Waals surface area contributed by atoms with Gasteiger partial charge in [0.25, 0.3) is 10.1 Å². The average Bonchev–Trinajstić information content (AvgIpc) is 2.66. The molecule has 0 spiro atoms. The minimum atomic E-state index is -3.81. The van der Waals surface area contributed by atoms with Crippen molar-refractivity contribution in [3.05, 3.63) is 0 Å². The molecule has 0 atom stereocenters. The van der Waals surface area contributed by atoms with Crippen molar-refractivity contribution in [1.29, 1.82) is 0 Å². The summed E-state index contributed by atoms with van der Waals surface area (Å²) in [5.41, 5.74) is 0. The van der Waals surface area contributed by atoms with Gasteiger partial charge in [0.1, 0.15) is 0 Å². The zero-order chi connectivity index (χ0) is 21.8. The van der Waals surface area contributed by atoms with Crippen molar-refractivity contribution in [3.8, 4) is 0 Å². The van der Waals surface area contributed by atoms with E-state index in [4.69, 9.17) is 4.55 Å². The topological polar surface area (TPSA) is 54.4 Å². The highest BCUT2D eigenvalue weighted by Crippen LogP contribution is 2.17. The molecule has 0 aliphatic carbocycles. The molecule has 0 heterocycles. The first-order valence-electron chi connectivity index (χ1n) is 12.7. The molecule has 0 aromatic carbocycles. The molecule has 0 fully saturated rings. The van der Waals surface area contributed by atoms with Crippen LogP contribution in [0, 0.1) is 0 Å². The van der Waals surface area contributed by atoms with E-state index in [2.05, 4.69) is 20.8 Å². The summed E-state index contributed by atoms with van der Waals surface area (Å²) in [5.74, 6) is -0.0934. The number of hydrogen-bond acceptors (Lipinski definition) is 2. The van der Waals surface area contributed by atoms with Crippen molar-refractivity contribution in [2.24, 2.45) is 0 Å². The van der Waals surface area contributed by atoms with E-state index in [1.807, 2.05) is 0 Å². The van der Waals surface area contributed by atoms with Gasteiger partial charge in [-0.2, -0.15) is 8.42 Å². The van der Waals surface area contributed by atoms with Gasteiger partial charge in [0.05, 0.1) is 31.9 Å². The van der Waals surface area contributed by atoms with Crippen molar-refractivity contribution in [2.75, 3.05) is 31.9 Å². The molecule has 29 heavy (non-hydrogen) atoms. The Morgan fingerprint density at radius 1 is 0.517 bits per heavy atom. The lowest BCUT2D eigenvalue weighted by Gasteiger charge is -2.39. The van der Waals surface area contributed by atoms with Gasteiger partial charge in [0.15, 0.2) is 0 Å². The molecule has 0 amide bonds. The van der Waals surface area contributed by atoms with Gasteiger partial charge in [-0.1, -0.05) is 85.0 Å². The maximum atomic E-state index is 11.0. The Morgan fingerprint density at radius 2 is 0.897 bits per heavy atom. The fraction of sp³-hybridized carbons (Fsp3) is 1.00. The van der Waals surface area contributed by atoms with E-state index in [-0.39, 0.29) is 5.75 Å². The Kier molecular flexibility index (Phi) is 18.5. The third-order valence-corrected chi connectivity index (χ3v) is 6.97. The highest BCUT2D eigenvalue weighted by molar-refractivity contribution is 7.85. The Hall–Kier alpha value is -0.130. The predicted octanol–water partition coefficient (Wildman–Crippen LogP) is 6.99. The SMILES string of the molecule is CCCCCCCCCCCCCC[N+](CCC)(CCC)CCCCS(=O)(=O)O. The van der Waals surface area contributed by atoms with Crippen molar-refractivity contribution in [3.63, 3.8) is 0 Å². The minimum absolute atomic E-state index is 0.0934. The second-order valence-corrected chi connectivity index (χ2v) is 10.7. The highest BCUT2D eigenvalue weighted by atomic mass is 32.2. The van der Waals surface area contributed by atoms with E-state index < -0.39 is 10.1 Å². The van der Waals surface area contributed by atoms with E-state index >= 15 is 0 Å². The maximum absolute atomic E-state index is 11.0. The van der Waals surface area contributed by atoms with Gasteiger partial charge in [0, 0.05) is 0 Å². The van der Waals surface area contributed by atoms with E-state index in [1.165, 1.54) is 110 Å². The monoisotopic (exact) mass is 434 g/mol. The molecule has 0 aromatic rings. The van der Waals surface area contributed by atoms with E-state index in [1.54, 1.807) is 0 Å². The van der Waals surface area contributed by atoms with Crippen LogP contribution in [0.5, 0.6) is 0 Å². The van der Waals surface area contributed by atoms with Gasteiger partial charge in [-0.3, -0.25) is 4.55 Å². The summed E-state index contributed by atoms with van der Waals surface area (Å²) in [6, 6.07) is 0. The van der Waals surface area contributed by atoms with Crippen LogP contribution in [0.3, 0.4) is 0 Å². The van der Waals surface area contributed by atoms with Gasteiger partial charge in [-0.25, -0.2) is 0 Å². The van der Waals surface area contributed by atoms with Gasteiger partial charge >= 0.3 is 0 Å². The number of nitrogens with zero attached hydrogens (tertiary/aromatic N) is 1. The molecular formula is C24H52NO3S+. The second-order valence-electron chi connectivity index (χ2n) is 9.12. The van der Waals surface area contributed by atoms with Crippen LogP contribution in [0.25, 0.3) is 0 Å². The zero-order valence-electron chi connectivity index (χ0n) is 20.0. The van der Waals surface area contributed by atoms with E-state index in [0.717, 1.165) is 17.4 Å². The van der Waals surface area contributed by atoms with Crippen LogP contribution in [-0.4, -0.2) is 49.4 Å². The largest absolute Gasteiger partial charge is 0.324 e. The molecule has 0 unspecified atom stereocenters. The molecule has 1 N–H and O–H groups in total. The van der Waals surface area contributed by atoms with Crippen LogP contribution < -0.4 is 0 Å². The van der Waals surface area contributed by atoms with Gasteiger partial charge in [0.2, 0.25) is 0 Å². The first-order chi connectivity index (χ1) is 13.9. The van der Waals surface area contributed by atoms with Crippen LogP contribution in [0.4, 0.5) is 0 Å². The molecule has 0 saturated heterocycles. The smallest absolute Gasteiger partial charge is 0.264 e. The molecule has 0 rings (SSSR count). The van der Waals surface area contributed by atoms with Crippen molar-refractivity contribution in [2.45, 2.75) is 124 Å². The summed E-state index contributed by atoms with van der Waals surface area (Å²) in [7, 11) is -3.81. The fourth-order valence-electron chi connectivity index (χ4n) is 4.64. The summed E-state index contributed by atoms with van der Waals surface area (Å²) in [4.78, 5) is 0. The van der Waals surface area contributed by atoms with Crippen LogP contribution in [0.2, 0.25) is 0 Å². The van der Waals surface area contributed by atoms with Crippen molar-refractivity contribution >= 4 is 10.1 Å². The number of hydrogen-bond donors (Lipinski definition) is 1. The van der Waals surface area contributed by atoms with Gasteiger partial charge in [-0.15, -0.1) is 0 Å². The van der Waals surface area contributed by atoms with Crippen LogP contribution in [-0.2, 0) is 10.1 Å². The standard InChI is InChI=1S/C24H51NO3S/c1-4-7-8-9-10-11-12-13-14-15-16-17-22-25(20-5-2,21-6-3)23-18-19-24-29(26,27)28/h4-24H2,1-3H3/p+1. The molecule has 0 aromatic heterocycles. The Labute approximate surface area is 183 Å². The van der Waals surface area contributed by atoms with E-state index in [0.29, 0.717) is 6.42 Å². The van der Waals surface area contributed by atoms with Crippen LogP contribution in [0.15, 0.2) is 0 Å². The zero-order valence-corrected chi connectivity index (χ0v) is 20.8. The lowest BCUT2D eigenvalue weighted by Crippen LogP contribution is -2.50. The van der Waals surface area contributed by atoms with Gasteiger partial charge in [-0.05, 0) is 38.5 Å². The number of unbranched alkanes of at least 4 members (excludes halogenated alkanes) is 12. The van der Waals surface area contributed by atoms with Crippen LogP contribution >= 0.6 is 0 Å². The summed E-state index contributed by atoms with van der Waals surface area (Å²) in [6.07, 6.45) is 20.4. The molecule has 5 heteroatoms. The first kappa shape index (κ1) is 28.9. The summed E-state index contributed by atoms with van der Waals surface area (Å²) in [5, 5.41) is 0. The lowest BCUT2D eigenvalue weighted by atomic mass is 10.0. The lowest BCUT2D eigenvalue weighted by molar-refractivity contribution is -0.928. The second kappa shape index (κ2) is 18.6. The Balaban J connectivity index is 3.98. The molecule has 176 valence electrons.